The Morgan fingerprint density at radius 1 is 1.02 bits per heavy atom. The fraction of sp³-hybridized carbons (Fsp3) is 0.276. The van der Waals surface area contributed by atoms with Crippen LogP contribution in [0.1, 0.15) is 29.3 Å². The van der Waals surface area contributed by atoms with Crippen LogP contribution in [0.2, 0.25) is 0 Å². The second kappa shape index (κ2) is 11.0. The molecule has 3 heterocycles. The van der Waals surface area contributed by atoms with Crippen LogP contribution in [0.25, 0.3) is 10.2 Å². The quantitative estimate of drug-likeness (QED) is 0.298. The number of amides is 1. The van der Waals surface area contributed by atoms with E-state index in [0.29, 0.717) is 48.2 Å². The number of hydrogen-bond acceptors (Lipinski definition) is 8. The number of carbonyl (C=O) groups is 2. The van der Waals surface area contributed by atoms with Crippen molar-refractivity contribution in [2.45, 2.75) is 31.2 Å². The van der Waals surface area contributed by atoms with Crippen LogP contribution in [0.5, 0.6) is 11.5 Å². The van der Waals surface area contributed by atoms with Gasteiger partial charge in [0, 0.05) is 30.8 Å². The molecule has 0 unspecified atom stereocenters. The second-order valence-corrected chi connectivity index (χ2v) is 12.3. The molecule has 0 fully saturated rings. The van der Waals surface area contributed by atoms with E-state index in [9.17, 15) is 18.0 Å². The maximum Gasteiger partial charge on any atom is 0.307 e. The lowest BCUT2D eigenvalue weighted by molar-refractivity contribution is -0.143. The van der Waals surface area contributed by atoms with E-state index in [1.807, 2.05) is 30.3 Å². The number of benzene rings is 3. The third-order valence-corrected chi connectivity index (χ3v) is 9.79. The molecule has 2 aliphatic rings. The average molecular weight is 594 g/mol. The van der Waals surface area contributed by atoms with Gasteiger partial charge in [0.2, 0.25) is 0 Å². The molecule has 0 saturated heterocycles. The Labute approximate surface area is 240 Å². The number of aryl methyl sites for hydroxylation is 1. The van der Waals surface area contributed by atoms with Crippen LogP contribution in [0.4, 0.5) is 5.69 Å². The van der Waals surface area contributed by atoms with Crippen LogP contribution in [0.15, 0.2) is 70.6 Å². The first-order valence-electron chi connectivity index (χ1n) is 13.2. The van der Waals surface area contributed by atoms with Gasteiger partial charge in [0.25, 0.3) is 15.9 Å². The molecule has 0 bridgehead atoms. The van der Waals surface area contributed by atoms with Gasteiger partial charge < -0.3 is 18.8 Å². The highest BCUT2D eigenvalue weighted by Crippen LogP contribution is 2.36. The smallest absolute Gasteiger partial charge is 0.307 e. The fourth-order valence-electron chi connectivity index (χ4n) is 4.95. The fourth-order valence-corrected chi connectivity index (χ4v) is 7.52. The SMILES string of the molecule is CCOC(=O)CCn1c(=NC(=O)c2ccc(S(=O)(=O)N3CCc4ccccc43)cc2)sc2cc3c(cc21)OCCO3. The lowest BCUT2D eigenvalue weighted by Gasteiger charge is -2.19. The molecule has 0 spiro atoms. The van der Waals surface area contributed by atoms with E-state index in [0.717, 1.165) is 15.8 Å². The molecular formula is C29H27N3O7S2. The van der Waals surface area contributed by atoms with Crippen molar-refractivity contribution in [3.05, 3.63) is 76.6 Å². The number of anilines is 1. The zero-order chi connectivity index (χ0) is 28.6. The van der Waals surface area contributed by atoms with Gasteiger partial charge in [0.1, 0.15) is 13.2 Å². The number of fused-ring (bicyclic) bond motifs is 3. The van der Waals surface area contributed by atoms with Gasteiger partial charge in [-0.05, 0) is 49.2 Å². The van der Waals surface area contributed by atoms with Crippen molar-refractivity contribution in [3.8, 4) is 11.5 Å². The number of nitrogens with zero attached hydrogens (tertiary/aromatic N) is 3. The number of carbonyl (C=O) groups excluding carboxylic acids is 2. The minimum Gasteiger partial charge on any atom is -0.486 e. The van der Waals surface area contributed by atoms with Crippen molar-refractivity contribution < 1.29 is 32.2 Å². The summed E-state index contributed by atoms with van der Waals surface area (Å²) >= 11 is 1.29. The van der Waals surface area contributed by atoms with E-state index in [-0.39, 0.29) is 36.0 Å². The highest BCUT2D eigenvalue weighted by Gasteiger charge is 2.30. The number of aromatic nitrogens is 1. The van der Waals surface area contributed by atoms with E-state index in [1.54, 1.807) is 17.6 Å². The van der Waals surface area contributed by atoms with Gasteiger partial charge in [-0.1, -0.05) is 29.5 Å². The standard InChI is InChI=1S/C29H27N3O7S2/c1-2-37-27(33)12-13-31-23-17-24-25(39-16-15-38-24)18-26(23)40-29(31)30-28(34)20-7-9-21(10-8-20)41(35,36)32-14-11-19-5-3-4-6-22(19)32/h3-10,17-18H,2,11-16H2,1H3. The summed E-state index contributed by atoms with van der Waals surface area (Å²) in [5, 5.41) is 0. The van der Waals surface area contributed by atoms with Gasteiger partial charge in [-0.25, -0.2) is 8.42 Å². The lowest BCUT2D eigenvalue weighted by atomic mass is 10.2. The molecule has 1 aromatic heterocycles. The normalized spacial score (nSPS) is 14.8. The van der Waals surface area contributed by atoms with Crippen LogP contribution in [0, 0.1) is 0 Å². The molecule has 6 rings (SSSR count). The summed E-state index contributed by atoms with van der Waals surface area (Å²) in [6.45, 7) is 3.51. The van der Waals surface area contributed by atoms with Crippen LogP contribution < -0.4 is 18.6 Å². The van der Waals surface area contributed by atoms with E-state index in [1.165, 1.54) is 39.9 Å². The zero-order valence-corrected chi connectivity index (χ0v) is 23.9. The lowest BCUT2D eigenvalue weighted by Crippen LogP contribution is -2.29. The summed E-state index contributed by atoms with van der Waals surface area (Å²) in [5.41, 5.74) is 2.66. The molecule has 0 N–H and O–H groups in total. The Morgan fingerprint density at radius 3 is 2.51 bits per heavy atom. The molecule has 4 aromatic rings. The number of rotatable bonds is 7. The monoisotopic (exact) mass is 593 g/mol. The van der Waals surface area contributed by atoms with Crippen LogP contribution in [-0.2, 0) is 32.5 Å². The number of para-hydroxylation sites is 1. The molecule has 0 atom stereocenters. The van der Waals surface area contributed by atoms with Crippen LogP contribution in [-0.4, -0.2) is 51.2 Å². The molecule has 212 valence electrons. The topological polar surface area (TPSA) is 117 Å². The van der Waals surface area contributed by atoms with Gasteiger partial charge in [-0.15, -0.1) is 0 Å². The molecule has 0 radical (unpaired) electrons. The largest absolute Gasteiger partial charge is 0.486 e. The summed E-state index contributed by atoms with van der Waals surface area (Å²) in [5.74, 6) is 0.306. The Kier molecular flexibility index (Phi) is 7.26. The second-order valence-electron chi connectivity index (χ2n) is 9.45. The molecule has 41 heavy (non-hydrogen) atoms. The van der Waals surface area contributed by atoms with Crippen LogP contribution >= 0.6 is 11.3 Å². The maximum atomic E-state index is 13.4. The highest BCUT2D eigenvalue weighted by molar-refractivity contribution is 7.92. The summed E-state index contributed by atoms with van der Waals surface area (Å²) < 4.78 is 47.2. The minimum absolute atomic E-state index is 0.0989. The molecule has 3 aromatic carbocycles. The summed E-state index contributed by atoms with van der Waals surface area (Å²) in [6, 6.07) is 16.9. The van der Waals surface area contributed by atoms with Crippen molar-refractivity contribution >= 4 is 49.1 Å². The van der Waals surface area contributed by atoms with Crippen molar-refractivity contribution in [1.29, 1.82) is 0 Å². The molecular weight excluding hydrogens is 566 g/mol. The Balaban J connectivity index is 1.32. The molecule has 0 aliphatic carbocycles. The Morgan fingerprint density at radius 2 is 1.76 bits per heavy atom. The Bertz CT molecular complexity index is 1830. The van der Waals surface area contributed by atoms with Gasteiger partial charge in [0.05, 0.1) is 33.8 Å². The molecule has 12 heteroatoms. The molecule has 2 aliphatic heterocycles. The molecule has 0 saturated carbocycles. The van der Waals surface area contributed by atoms with Crippen LogP contribution in [0.3, 0.4) is 0 Å². The third kappa shape index (κ3) is 5.20. The predicted molar refractivity (Wildman–Crippen MR) is 153 cm³/mol. The van der Waals surface area contributed by atoms with E-state index in [4.69, 9.17) is 14.2 Å². The first-order valence-corrected chi connectivity index (χ1v) is 15.5. The number of esters is 1. The predicted octanol–water partition coefficient (Wildman–Crippen LogP) is 3.92. The molecule has 10 nitrogen and oxygen atoms in total. The maximum absolute atomic E-state index is 13.4. The van der Waals surface area contributed by atoms with Gasteiger partial charge in [-0.2, -0.15) is 4.99 Å². The summed E-state index contributed by atoms with van der Waals surface area (Å²) in [6.07, 6.45) is 0.749. The van der Waals surface area contributed by atoms with E-state index in [2.05, 4.69) is 4.99 Å². The van der Waals surface area contributed by atoms with Crippen molar-refractivity contribution in [2.75, 3.05) is 30.7 Å². The third-order valence-electron chi connectivity index (χ3n) is 6.92. The first-order chi connectivity index (χ1) is 19.8. The van der Waals surface area contributed by atoms with Gasteiger partial charge >= 0.3 is 5.97 Å². The highest BCUT2D eigenvalue weighted by atomic mass is 32.2. The number of hydrogen-bond donors (Lipinski definition) is 0. The van der Waals surface area contributed by atoms with Crippen molar-refractivity contribution in [1.82, 2.24) is 4.57 Å². The first kappa shape index (κ1) is 27.0. The number of sulfonamides is 1. The number of thiazole rings is 1. The Hall–Kier alpha value is -4.16. The summed E-state index contributed by atoms with van der Waals surface area (Å²) in [4.78, 5) is 30.2. The molecule has 1 amide bonds. The van der Waals surface area contributed by atoms with Gasteiger partial charge in [-0.3, -0.25) is 13.9 Å². The number of ether oxygens (including phenoxy) is 3. The minimum atomic E-state index is -3.78. The summed E-state index contributed by atoms with van der Waals surface area (Å²) in [7, 11) is -3.78. The van der Waals surface area contributed by atoms with Gasteiger partial charge in [0.15, 0.2) is 16.3 Å². The average Bonchev–Trinajstić information content (AvgIpc) is 3.56. The van der Waals surface area contributed by atoms with Crippen molar-refractivity contribution in [3.63, 3.8) is 0 Å². The van der Waals surface area contributed by atoms with Crippen molar-refractivity contribution in [2.24, 2.45) is 4.99 Å². The zero-order valence-electron chi connectivity index (χ0n) is 22.2. The van der Waals surface area contributed by atoms with E-state index < -0.39 is 15.9 Å². The van der Waals surface area contributed by atoms with E-state index >= 15 is 0 Å².